The lowest BCUT2D eigenvalue weighted by Gasteiger charge is -2.09. The van der Waals surface area contributed by atoms with Crippen LogP contribution in [0.4, 0.5) is 10.1 Å². The van der Waals surface area contributed by atoms with E-state index in [1.807, 2.05) is 0 Å². The number of amides is 3. The molecular weight excluding hydrogens is 415 g/mol. The molecule has 2 aromatic carbocycles. The lowest BCUT2D eigenvalue weighted by Crippen LogP contribution is -2.33. The Morgan fingerprint density at radius 2 is 1.90 bits per heavy atom. The van der Waals surface area contributed by atoms with E-state index < -0.39 is 23.5 Å². The lowest BCUT2D eigenvalue weighted by atomic mass is 10.0. The first kappa shape index (κ1) is 21.0. The molecule has 0 saturated heterocycles. The summed E-state index contributed by atoms with van der Waals surface area (Å²) in [5.74, 6) is -2.34. The van der Waals surface area contributed by atoms with E-state index in [1.165, 1.54) is 37.3 Å². The van der Waals surface area contributed by atoms with Crippen LogP contribution in [0.15, 0.2) is 47.0 Å². The van der Waals surface area contributed by atoms with Gasteiger partial charge in [0.25, 0.3) is 11.8 Å². The summed E-state index contributed by atoms with van der Waals surface area (Å²) in [5.41, 5.74) is 5.41. The van der Waals surface area contributed by atoms with Crippen LogP contribution in [0, 0.1) is 12.7 Å². The summed E-state index contributed by atoms with van der Waals surface area (Å²) in [5, 5.41) is 8.83. The first-order chi connectivity index (χ1) is 14.3. The number of halogens is 2. The third-order valence-electron chi connectivity index (χ3n) is 4.10. The highest BCUT2D eigenvalue weighted by Gasteiger charge is 2.25. The summed E-state index contributed by atoms with van der Waals surface area (Å²) in [6, 6.07) is 10.1. The molecule has 0 aliphatic carbocycles. The van der Waals surface area contributed by atoms with E-state index >= 15 is 0 Å². The number of carbonyl (C=O) groups excluding carboxylic acids is 3. The van der Waals surface area contributed by atoms with E-state index in [2.05, 4.69) is 15.8 Å². The van der Waals surface area contributed by atoms with Gasteiger partial charge >= 0.3 is 0 Å². The quantitative estimate of drug-likeness (QED) is 0.554. The van der Waals surface area contributed by atoms with Crippen LogP contribution in [0.3, 0.4) is 0 Å². The molecule has 0 atom stereocenters. The Balaban J connectivity index is 1.88. The SMILES string of the molecule is Cc1onc(-c2c(F)cccc2Cl)c1C(=O)Nc1cccc(C(=O)NCC(N)=O)c1. The molecule has 3 amide bonds. The van der Waals surface area contributed by atoms with Crippen molar-refractivity contribution in [2.45, 2.75) is 6.92 Å². The van der Waals surface area contributed by atoms with Gasteiger partial charge < -0.3 is 20.9 Å². The average molecular weight is 431 g/mol. The number of aromatic nitrogens is 1. The molecule has 0 bridgehead atoms. The number of anilines is 1. The molecule has 154 valence electrons. The fourth-order valence-electron chi connectivity index (χ4n) is 2.74. The van der Waals surface area contributed by atoms with Gasteiger partial charge in [-0.3, -0.25) is 14.4 Å². The van der Waals surface area contributed by atoms with Gasteiger partial charge in [-0.2, -0.15) is 0 Å². The largest absolute Gasteiger partial charge is 0.368 e. The van der Waals surface area contributed by atoms with Gasteiger partial charge in [-0.05, 0) is 37.3 Å². The number of carbonyl (C=O) groups is 3. The Hall–Kier alpha value is -3.72. The predicted molar refractivity (Wildman–Crippen MR) is 108 cm³/mol. The highest BCUT2D eigenvalue weighted by Crippen LogP contribution is 2.33. The minimum Gasteiger partial charge on any atom is -0.368 e. The van der Waals surface area contributed by atoms with Crippen molar-refractivity contribution < 1.29 is 23.3 Å². The number of nitrogens with zero attached hydrogens (tertiary/aromatic N) is 1. The monoisotopic (exact) mass is 430 g/mol. The Kier molecular flexibility index (Phi) is 6.12. The third kappa shape index (κ3) is 4.47. The minimum atomic E-state index is -0.685. The van der Waals surface area contributed by atoms with Crippen molar-refractivity contribution in [1.29, 1.82) is 0 Å². The molecule has 0 aliphatic heterocycles. The van der Waals surface area contributed by atoms with Crippen LogP contribution in [-0.2, 0) is 4.79 Å². The summed E-state index contributed by atoms with van der Waals surface area (Å²) in [4.78, 5) is 35.7. The van der Waals surface area contributed by atoms with Crippen LogP contribution in [0.25, 0.3) is 11.3 Å². The van der Waals surface area contributed by atoms with Crippen LogP contribution in [0.1, 0.15) is 26.5 Å². The summed E-state index contributed by atoms with van der Waals surface area (Å²) >= 11 is 6.09. The maximum atomic E-state index is 14.3. The number of benzene rings is 2. The van der Waals surface area contributed by atoms with Crippen molar-refractivity contribution >= 4 is 35.0 Å². The number of aryl methyl sites for hydroxylation is 1. The highest BCUT2D eigenvalue weighted by atomic mass is 35.5. The topological polar surface area (TPSA) is 127 Å². The molecule has 0 unspecified atom stereocenters. The molecule has 10 heteroatoms. The maximum absolute atomic E-state index is 14.3. The van der Waals surface area contributed by atoms with Crippen molar-refractivity contribution in [2.24, 2.45) is 5.73 Å². The molecule has 0 saturated carbocycles. The van der Waals surface area contributed by atoms with Crippen molar-refractivity contribution in [3.05, 3.63) is 70.2 Å². The first-order valence-corrected chi connectivity index (χ1v) is 9.04. The summed E-state index contributed by atoms with van der Waals surface area (Å²) in [6.07, 6.45) is 0. The Bertz CT molecular complexity index is 1130. The zero-order valence-corrected chi connectivity index (χ0v) is 16.4. The van der Waals surface area contributed by atoms with Crippen LogP contribution < -0.4 is 16.4 Å². The van der Waals surface area contributed by atoms with Crippen LogP contribution in [0.5, 0.6) is 0 Å². The van der Waals surface area contributed by atoms with Crippen molar-refractivity contribution in [2.75, 3.05) is 11.9 Å². The van der Waals surface area contributed by atoms with Gasteiger partial charge in [0, 0.05) is 11.3 Å². The average Bonchev–Trinajstić information content (AvgIpc) is 3.07. The Labute approximate surface area is 175 Å². The van der Waals surface area contributed by atoms with E-state index in [-0.39, 0.29) is 45.4 Å². The van der Waals surface area contributed by atoms with Gasteiger partial charge in [0.15, 0.2) is 0 Å². The van der Waals surface area contributed by atoms with Crippen molar-refractivity contribution in [1.82, 2.24) is 10.5 Å². The maximum Gasteiger partial charge on any atom is 0.261 e. The zero-order valence-electron chi connectivity index (χ0n) is 15.7. The molecule has 8 nitrogen and oxygen atoms in total. The fourth-order valence-corrected chi connectivity index (χ4v) is 2.99. The molecular formula is C20H16ClFN4O4. The summed E-state index contributed by atoms with van der Waals surface area (Å²) in [6.45, 7) is 1.19. The van der Waals surface area contributed by atoms with Gasteiger partial charge in [-0.15, -0.1) is 0 Å². The molecule has 0 aliphatic rings. The van der Waals surface area contributed by atoms with Crippen molar-refractivity contribution in [3.63, 3.8) is 0 Å². The number of rotatable bonds is 6. The van der Waals surface area contributed by atoms with E-state index in [0.29, 0.717) is 0 Å². The Morgan fingerprint density at radius 3 is 2.60 bits per heavy atom. The first-order valence-electron chi connectivity index (χ1n) is 8.66. The fraction of sp³-hybridized carbons (Fsp3) is 0.100. The number of hydrogen-bond donors (Lipinski definition) is 3. The molecule has 30 heavy (non-hydrogen) atoms. The van der Waals surface area contributed by atoms with E-state index in [9.17, 15) is 18.8 Å². The van der Waals surface area contributed by atoms with Gasteiger partial charge in [-0.1, -0.05) is 28.9 Å². The molecule has 1 aromatic heterocycles. The molecule has 4 N–H and O–H groups in total. The highest BCUT2D eigenvalue weighted by molar-refractivity contribution is 6.33. The summed E-state index contributed by atoms with van der Waals surface area (Å²) < 4.78 is 19.4. The van der Waals surface area contributed by atoms with Crippen LogP contribution >= 0.6 is 11.6 Å². The predicted octanol–water partition coefficient (Wildman–Crippen LogP) is 2.91. The standard InChI is InChI=1S/C20H16ClFN4O4/c1-10-16(18(26-30-10)17-13(21)6-3-7-14(17)22)20(29)25-12-5-2-4-11(8-12)19(28)24-9-15(23)27/h2-8H,9H2,1H3,(H2,23,27)(H,24,28)(H,25,29). The molecule has 0 radical (unpaired) electrons. The molecule has 3 aromatic rings. The molecule has 0 spiro atoms. The second-order valence-corrected chi connectivity index (χ2v) is 6.65. The normalized spacial score (nSPS) is 10.5. The second kappa shape index (κ2) is 8.75. The minimum absolute atomic E-state index is 0.00517. The smallest absolute Gasteiger partial charge is 0.261 e. The number of primary amides is 1. The Morgan fingerprint density at radius 1 is 1.17 bits per heavy atom. The molecule has 0 fully saturated rings. The summed E-state index contributed by atoms with van der Waals surface area (Å²) in [7, 11) is 0. The molecule has 3 rings (SSSR count). The number of nitrogens with one attached hydrogen (secondary N) is 2. The molecule has 1 heterocycles. The number of hydrogen-bond acceptors (Lipinski definition) is 5. The van der Waals surface area contributed by atoms with E-state index in [0.717, 1.165) is 0 Å². The zero-order chi connectivity index (χ0) is 21.8. The second-order valence-electron chi connectivity index (χ2n) is 6.24. The number of nitrogens with two attached hydrogens (primary N) is 1. The third-order valence-corrected chi connectivity index (χ3v) is 4.41. The van der Waals surface area contributed by atoms with Gasteiger partial charge in [0.05, 0.1) is 17.1 Å². The van der Waals surface area contributed by atoms with Crippen LogP contribution in [-0.4, -0.2) is 29.4 Å². The van der Waals surface area contributed by atoms with Crippen molar-refractivity contribution in [3.8, 4) is 11.3 Å². The van der Waals surface area contributed by atoms with E-state index in [4.69, 9.17) is 21.9 Å². The van der Waals surface area contributed by atoms with E-state index in [1.54, 1.807) is 12.1 Å². The van der Waals surface area contributed by atoms with Crippen LogP contribution in [0.2, 0.25) is 5.02 Å². The van der Waals surface area contributed by atoms with Gasteiger partial charge in [0.1, 0.15) is 22.8 Å². The lowest BCUT2D eigenvalue weighted by molar-refractivity contribution is -0.117. The van der Waals surface area contributed by atoms with Gasteiger partial charge in [-0.25, -0.2) is 4.39 Å². The van der Waals surface area contributed by atoms with Gasteiger partial charge in [0.2, 0.25) is 5.91 Å².